The number of Topliss-reactive ketones (excluding diaryl/α,β-unsaturated/α-hetero) is 1. The van der Waals surface area contributed by atoms with Gasteiger partial charge in [-0.05, 0) is 60.9 Å². The minimum atomic E-state index is -0.984. The summed E-state index contributed by atoms with van der Waals surface area (Å²) in [6, 6.07) is 11.4. The first-order chi connectivity index (χ1) is 15.3. The molecule has 0 unspecified atom stereocenters. The first-order valence-corrected chi connectivity index (χ1v) is 10.6. The fourth-order valence-corrected chi connectivity index (χ4v) is 5.17. The second-order valence-corrected chi connectivity index (χ2v) is 8.63. The van der Waals surface area contributed by atoms with Crippen molar-refractivity contribution in [1.29, 1.82) is 0 Å². The van der Waals surface area contributed by atoms with Crippen molar-refractivity contribution in [3.63, 3.8) is 0 Å². The van der Waals surface area contributed by atoms with Crippen molar-refractivity contribution >= 4 is 38.4 Å². The predicted octanol–water partition coefficient (Wildman–Crippen LogP) is 5.43. The number of carbonyl (C=O) groups is 2. The predicted molar refractivity (Wildman–Crippen MR) is 118 cm³/mol. The SMILES string of the molecule is Cc1cc(C)c2nc(N3C(=O)C(O)=C(C(=O)c4ccco4)[C@@H]3c3ccc(F)cc3)sc2c1. The fourth-order valence-electron chi connectivity index (χ4n) is 4.00. The Morgan fingerprint density at radius 2 is 1.94 bits per heavy atom. The van der Waals surface area contributed by atoms with Crippen molar-refractivity contribution < 1.29 is 23.5 Å². The van der Waals surface area contributed by atoms with Crippen molar-refractivity contribution in [2.75, 3.05) is 4.90 Å². The highest BCUT2D eigenvalue weighted by atomic mass is 32.1. The van der Waals surface area contributed by atoms with E-state index in [1.807, 2.05) is 26.0 Å². The van der Waals surface area contributed by atoms with Crippen LogP contribution >= 0.6 is 11.3 Å². The lowest BCUT2D eigenvalue weighted by Crippen LogP contribution is -2.31. The third-order valence-electron chi connectivity index (χ3n) is 5.41. The van der Waals surface area contributed by atoms with E-state index in [2.05, 4.69) is 4.98 Å². The summed E-state index contributed by atoms with van der Waals surface area (Å²) in [5.74, 6) is -2.51. The van der Waals surface area contributed by atoms with E-state index in [0.717, 1.165) is 21.3 Å². The van der Waals surface area contributed by atoms with Crippen molar-refractivity contribution in [1.82, 2.24) is 4.98 Å². The van der Waals surface area contributed by atoms with E-state index < -0.39 is 29.3 Å². The maximum Gasteiger partial charge on any atom is 0.296 e. The van der Waals surface area contributed by atoms with Gasteiger partial charge in [-0.3, -0.25) is 14.5 Å². The Balaban J connectivity index is 1.70. The van der Waals surface area contributed by atoms with Crippen molar-refractivity contribution in [3.8, 4) is 0 Å². The normalized spacial score (nSPS) is 16.4. The topological polar surface area (TPSA) is 83.6 Å². The third kappa shape index (κ3) is 3.11. The molecule has 160 valence electrons. The second-order valence-electron chi connectivity index (χ2n) is 7.62. The van der Waals surface area contributed by atoms with Gasteiger partial charge in [0, 0.05) is 0 Å². The van der Waals surface area contributed by atoms with Gasteiger partial charge >= 0.3 is 0 Å². The van der Waals surface area contributed by atoms with Gasteiger partial charge in [-0.1, -0.05) is 29.5 Å². The number of carbonyl (C=O) groups excluding carboxylic acids is 2. The summed E-state index contributed by atoms with van der Waals surface area (Å²) in [5, 5.41) is 11.1. The van der Waals surface area contributed by atoms with Gasteiger partial charge in [0.1, 0.15) is 5.82 Å². The Morgan fingerprint density at radius 1 is 1.19 bits per heavy atom. The number of halogens is 1. The minimum Gasteiger partial charge on any atom is -0.503 e. The molecule has 1 atom stereocenters. The first kappa shape index (κ1) is 20.1. The Morgan fingerprint density at radius 3 is 2.62 bits per heavy atom. The van der Waals surface area contributed by atoms with Crippen molar-refractivity contribution in [3.05, 3.63) is 94.4 Å². The van der Waals surface area contributed by atoms with Crippen LogP contribution in [0.15, 0.2) is 70.5 Å². The molecule has 0 radical (unpaired) electrons. The Kier molecular flexibility index (Phi) is 4.67. The largest absolute Gasteiger partial charge is 0.503 e. The average molecular weight is 448 g/mol. The van der Waals surface area contributed by atoms with E-state index in [1.54, 1.807) is 6.07 Å². The number of furan rings is 1. The molecule has 5 rings (SSSR count). The molecule has 1 aliphatic heterocycles. The smallest absolute Gasteiger partial charge is 0.296 e. The Bertz CT molecular complexity index is 1400. The van der Waals surface area contributed by atoms with Crippen molar-refractivity contribution in [2.45, 2.75) is 19.9 Å². The molecule has 1 amide bonds. The fraction of sp³-hybridized carbons (Fsp3) is 0.125. The Labute approximate surface area is 186 Å². The van der Waals surface area contributed by atoms with Crippen LogP contribution in [-0.4, -0.2) is 21.8 Å². The van der Waals surface area contributed by atoms with Crippen LogP contribution in [0.1, 0.15) is 33.3 Å². The van der Waals surface area contributed by atoms with Gasteiger partial charge in [0.15, 0.2) is 16.7 Å². The average Bonchev–Trinajstić information content (AvgIpc) is 3.48. The number of nitrogens with zero attached hydrogens (tertiary/aromatic N) is 2. The number of aliphatic hydroxyl groups is 1. The van der Waals surface area contributed by atoms with E-state index in [4.69, 9.17) is 4.42 Å². The molecule has 0 saturated carbocycles. The van der Waals surface area contributed by atoms with Crippen LogP contribution in [0.2, 0.25) is 0 Å². The van der Waals surface area contributed by atoms with Gasteiger partial charge in [-0.2, -0.15) is 0 Å². The number of fused-ring (bicyclic) bond motifs is 1. The van der Waals surface area contributed by atoms with Crippen LogP contribution in [0.3, 0.4) is 0 Å². The van der Waals surface area contributed by atoms with Gasteiger partial charge in [0.25, 0.3) is 5.91 Å². The second kappa shape index (κ2) is 7.42. The molecular weight excluding hydrogens is 431 g/mol. The molecule has 0 aliphatic carbocycles. The quantitative estimate of drug-likeness (QED) is 0.421. The lowest BCUT2D eigenvalue weighted by molar-refractivity contribution is -0.117. The monoisotopic (exact) mass is 448 g/mol. The van der Waals surface area contributed by atoms with Crippen LogP contribution in [-0.2, 0) is 4.79 Å². The molecule has 0 spiro atoms. The summed E-state index contributed by atoms with van der Waals surface area (Å²) in [7, 11) is 0. The number of benzene rings is 2. The minimum absolute atomic E-state index is 0.0101. The number of ketones is 1. The number of hydrogen-bond donors (Lipinski definition) is 1. The van der Waals surface area contributed by atoms with Crippen LogP contribution in [0.25, 0.3) is 10.2 Å². The maximum atomic E-state index is 13.6. The van der Waals surface area contributed by atoms with E-state index >= 15 is 0 Å². The summed E-state index contributed by atoms with van der Waals surface area (Å²) in [6.45, 7) is 3.91. The van der Waals surface area contributed by atoms with E-state index in [1.165, 1.54) is 52.8 Å². The number of rotatable bonds is 4. The highest BCUT2D eigenvalue weighted by Crippen LogP contribution is 2.44. The standard InChI is InChI=1S/C24H17FN2O4S/c1-12-10-13(2)19-17(11-12)32-24(26-19)27-20(14-5-7-15(25)8-6-14)18(22(29)23(27)30)21(28)16-4-3-9-31-16/h3-11,20,29H,1-2H3/t20-/m0/s1. The lowest BCUT2D eigenvalue weighted by Gasteiger charge is -2.24. The number of anilines is 1. The number of aromatic nitrogens is 1. The van der Waals surface area contributed by atoms with Gasteiger partial charge in [0.2, 0.25) is 5.78 Å². The molecule has 1 N–H and O–H groups in total. The molecular formula is C24H17FN2O4S. The molecule has 2 aromatic heterocycles. The number of hydrogen-bond acceptors (Lipinski definition) is 6. The van der Waals surface area contributed by atoms with E-state index in [0.29, 0.717) is 10.7 Å². The zero-order valence-electron chi connectivity index (χ0n) is 17.1. The first-order valence-electron chi connectivity index (χ1n) is 9.83. The van der Waals surface area contributed by atoms with E-state index in [-0.39, 0.29) is 11.3 Å². The molecule has 32 heavy (non-hydrogen) atoms. The molecule has 0 saturated heterocycles. The number of thiazole rings is 1. The van der Waals surface area contributed by atoms with Crippen molar-refractivity contribution in [2.24, 2.45) is 0 Å². The zero-order valence-corrected chi connectivity index (χ0v) is 17.9. The molecule has 0 fully saturated rings. The molecule has 4 aromatic rings. The van der Waals surface area contributed by atoms with Crippen LogP contribution in [0, 0.1) is 19.7 Å². The molecule has 6 nitrogen and oxygen atoms in total. The maximum absolute atomic E-state index is 13.6. The summed E-state index contributed by atoms with van der Waals surface area (Å²) in [5.41, 5.74) is 3.08. The van der Waals surface area contributed by atoms with Crippen LogP contribution < -0.4 is 4.90 Å². The summed E-state index contributed by atoms with van der Waals surface area (Å²) in [4.78, 5) is 32.3. The van der Waals surface area contributed by atoms with Crippen LogP contribution in [0.5, 0.6) is 0 Å². The molecule has 0 bridgehead atoms. The van der Waals surface area contributed by atoms with Crippen LogP contribution in [0.4, 0.5) is 9.52 Å². The lowest BCUT2D eigenvalue weighted by atomic mass is 9.95. The summed E-state index contributed by atoms with van der Waals surface area (Å²) >= 11 is 1.29. The third-order valence-corrected chi connectivity index (χ3v) is 6.41. The van der Waals surface area contributed by atoms with E-state index in [9.17, 15) is 19.1 Å². The Hall–Kier alpha value is -3.78. The van der Waals surface area contributed by atoms with Gasteiger partial charge < -0.3 is 9.52 Å². The van der Waals surface area contributed by atoms with Gasteiger partial charge in [-0.25, -0.2) is 9.37 Å². The molecule has 1 aliphatic rings. The number of aryl methyl sites for hydroxylation is 2. The van der Waals surface area contributed by atoms with Gasteiger partial charge in [0.05, 0.1) is 28.1 Å². The molecule has 3 heterocycles. The van der Waals surface area contributed by atoms with Gasteiger partial charge in [-0.15, -0.1) is 0 Å². The zero-order chi connectivity index (χ0) is 22.6. The summed E-state index contributed by atoms with van der Waals surface area (Å²) < 4.78 is 19.7. The highest BCUT2D eigenvalue weighted by Gasteiger charge is 2.46. The molecule has 8 heteroatoms. The number of aliphatic hydroxyl groups excluding tert-OH is 1. The summed E-state index contributed by atoms with van der Waals surface area (Å²) in [6.07, 6.45) is 1.34. The number of amides is 1. The molecule has 2 aromatic carbocycles. The highest BCUT2D eigenvalue weighted by molar-refractivity contribution is 7.22.